The van der Waals surface area contributed by atoms with Crippen molar-refractivity contribution in [2.24, 2.45) is 11.8 Å². The van der Waals surface area contributed by atoms with Gasteiger partial charge in [-0.25, -0.2) is 8.42 Å². The highest BCUT2D eigenvalue weighted by Gasteiger charge is 2.34. The molecule has 1 heterocycles. The van der Waals surface area contributed by atoms with Crippen molar-refractivity contribution < 1.29 is 8.42 Å². The van der Waals surface area contributed by atoms with E-state index >= 15 is 0 Å². The maximum absolute atomic E-state index is 12.4. The number of nitrogen functional groups attached to an aromatic ring is 1. The first-order valence-electron chi connectivity index (χ1n) is 7.65. The Morgan fingerprint density at radius 2 is 2.10 bits per heavy atom. The summed E-state index contributed by atoms with van der Waals surface area (Å²) in [7, 11) is -3.35. The predicted octanol–water partition coefficient (Wildman–Crippen LogP) is 3.15. The van der Waals surface area contributed by atoms with Crippen molar-refractivity contribution in [3.8, 4) is 0 Å². The van der Waals surface area contributed by atoms with Crippen LogP contribution in [0, 0.1) is 11.8 Å². The number of anilines is 2. The number of nitrogens with two attached hydrogens (primary N) is 1. The summed E-state index contributed by atoms with van der Waals surface area (Å²) in [5, 5.41) is 4.03. The Morgan fingerprint density at radius 1 is 1.38 bits per heavy atom. The van der Waals surface area contributed by atoms with Crippen molar-refractivity contribution in [1.82, 2.24) is 4.37 Å². The zero-order valence-corrected chi connectivity index (χ0v) is 14.6. The van der Waals surface area contributed by atoms with Gasteiger partial charge in [-0.05, 0) is 42.6 Å². The largest absolute Gasteiger partial charge is 0.382 e. The van der Waals surface area contributed by atoms with Crippen LogP contribution in [0.5, 0.6) is 0 Å². The molecule has 0 aliphatic heterocycles. The van der Waals surface area contributed by atoms with Crippen LogP contribution in [0.4, 0.5) is 10.8 Å². The van der Waals surface area contributed by atoms with Crippen molar-refractivity contribution in [2.75, 3.05) is 16.8 Å². The molecule has 1 aliphatic rings. The standard InChI is InChI=1S/C14H25N3O2S2/c1-4-8-21(18,19)12-13(15)17-20-14(12)16-11-7-6-10(5-2)9(11)3/h9-11,16H,4-8H2,1-3H3,(H2,15,17). The number of rotatable bonds is 6. The normalized spacial score (nSPS) is 26.1. The minimum Gasteiger partial charge on any atom is -0.382 e. The van der Waals surface area contributed by atoms with E-state index in [4.69, 9.17) is 5.73 Å². The minimum atomic E-state index is -3.35. The highest BCUT2D eigenvalue weighted by molar-refractivity contribution is 7.91. The molecule has 0 aromatic carbocycles. The van der Waals surface area contributed by atoms with E-state index in [0.29, 0.717) is 29.3 Å². The molecule has 0 bridgehead atoms. The SMILES string of the molecule is CCCS(=O)(=O)c1c(N)nsc1NC1CCC(CC)C1C. The van der Waals surface area contributed by atoms with E-state index in [2.05, 4.69) is 23.5 Å². The molecule has 3 unspecified atom stereocenters. The monoisotopic (exact) mass is 331 g/mol. The number of hydrogen-bond donors (Lipinski definition) is 2. The lowest BCUT2D eigenvalue weighted by Gasteiger charge is -2.21. The number of nitrogens with zero attached hydrogens (tertiary/aromatic N) is 1. The molecule has 7 heteroatoms. The lowest BCUT2D eigenvalue weighted by Crippen LogP contribution is -2.25. The topological polar surface area (TPSA) is 85.1 Å². The van der Waals surface area contributed by atoms with E-state index in [1.54, 1.807) is 0 Å². The second kappa shape index (κ2) is 6.52. The van der Waals surface area contributed by atoms with Crippen LogP contribution in [0.2, 0.25) is 0 Å². The fourth-order valence-electron chi connectivity index (χ4n) is 3.25. The number of hydrogen-bond acceptors (Lipinski definition) is 6. The van der Waals surface area contributed by atoms with E-state index < -0.39 is 9.84 Å². The van der Waals surface area contributed by atoms with Gasteiger partial charge in [0, 0.05) is 6.04 Å². The number of sulfone groups is 1. The molecule has 0 spiro atoms. The molecular formula is C14H25N3O2S2. The van der Waals surface area contributed by atoms with Crippen molar-refractivity contribution >= 4 is 32.2 Å². The molecule has 0 saturated heterocycles. The highest BCUT2D eigenvalue weighted by Crippen LogP contribution is 2.39. The molecule has 5 nitrogen and oxygen atoms in total. The van der Waals surface area contributed by atoms with Crippen LogP contribution in [0.25, 0.3) is 0 Å². The second-order valence-corrected chi connectivity index (χ2v) is 8.72. The van der Waals surface area contributed by atoms with E-state index in [-0.39, 0.29) is 16.5 Å². The maximum atomic E-state index is 12.4. The Balaban J connectivity index is 2.23. The smallest absolute Gasteiger partial charge is 0.185 e. The van der Waals surface area contributed by atoms with Gasteiger partial charge in [-0.1, -0.05) is 27.2 Å². The molecule has 1 aromatic rings. The molecule has 1 aromatic heterocycles. The van der Waals surface area contributed by atoms with Crippen molar-refractivity contribution in [2.45, 2.75) is 57.4 Å². The average Bonchev–Trinajstić information content (AvgIpc) is 2.95. The molecule has 3 N–H and O–H groups in total. The third-order valence-electron chi connectivity index (χ3n) is 4.53. The van der Waals surface area contributed by atoms with Gasteiger partial charge in [0.25, 0.3) is 0 Å². The third kappa shape index (κ3) is 3.34. The Labute approximate surface area is 131 Å². The Hall–Kier alpha value is -0.820. The summed E-state index contributed by atoms with van der Waals surface area (Å²) in [6.45, 7) is 6.31. The van der Waals surface area contributed by atoms with Gasteiger partial charge in [0.1, 0.15) is 9.90 Å². The Kier molecular flexibility index (Phi) is 5.14. The van der Waals surface area contributed by atoms with Gasteiger partial charge < -0.3 is 11.1 Å². The molecule has 21 heavy (non-hydrogen) atoms. The van der Waals surface area contributed by atoms with Gasteiger partial charge in [0.15, 0.2) is 15.7 Å². The van der Waals surface area contributed by atoms with E-state index in [0.717, 1.165) is 18.0 Å². The summed E-state index contributed by atoms with van der Waals surface area (Å²) in [5.41, 5.74) is 5.80. The van der Waals surface area contributed by atoms with Crippen molar-refractivity contribution in [3.63, 3.8) is 0 Å². The summed E-state index contributed by atoms with van der Waals surface area (Å²) in [4.78, 5) is 0.210. The summed E-state index contributed by atoms with van der Waals surface area (Å²) in [5.74, 6) is 1.50. The van der Waals surface area contributed by atoms with Crippen LogP contribution in [0.15, 0.2) is 4.90 Å². The molecule has 0 radical (unpaired) electrons. The molecule has 1 saturated carbocycles. The quantitative estimate of drug-likeness (QED) is 0.836. The first-order valence-corrected chi connectivity index (χ1v) is 10.1. The first kappa shape index (κ1) is 16.5. The number of aromatic nitrogens is 1. The summed E-state index contributed by atoms with van der Waals surface area (Å²) in [6.07, 6.45) is 4.02. The van der Waals surface area contributed by atoms with Crippen LogP contribution >= 0.6 is 11.5 Å². The highest BCUT2D eigenvalue weighted by atomic mass is 32.2. The fraction of sp³-hybridized carbons (Fsp3) is 0.786. The molecule has 120 valence electrons. The van der Waals surface area contributed by atoms with Crippen molar-refractivity contribution in [3.05, 3.63) is 0 Å². The predicted molar refractivity (Wildman–Crippen MR) is 88.5 cm³/mol. The molecule has 2 rings (SSSR count). The van der Waals surface area contributed by atoms with Gasteiger partial charge in [-0.15, -0.1) is 0 Å². The van der Waals surface area contributed by atoms with E-state index in [9.17, 15) is 8.42 Å². The zero-order valence-electron chi connectivity index (χ0n) is 12.9. The summed E-state index contributed by atoms with van der Waals surface area (Å²) in [6, 6.07) is 0.311. The fourth-order valence-corrected chi connectivity index (χ4v) is 5.92. The van der Waals surface area contributed by atoms with Crippen LogP contribution in [0.1, 0.15) is 46.5 Å². The third-order valence-corrected chi connectivity index (χ3v) is 7.43. The molecule has 3 atom stereocenters. The number of nitrogens with one attached hydrogen (secondary N) is 1. The Bertz CT molecular complexity index is 583. The van der Waals surface area contributed by atoms with Crippen LogP contribution < -0.4 is 11.1 Å². The van der Waals surface area contributed by atoms with Crippen molar-refractivity contribution in [1.29, 1.82) is 0 Å². The van der Waals surface area contributed by atoms with Gasteiger partial charge in [0.2, 0.25) is 0 Å². The van der Waals surface area contributed by atoms with E-state index in [1.807, 2.05) is 6.92 Å². The second-order valence-electron chi connectivity index (χ2n) is 5.90. The summed E-state index contributed by atoms with van der Waals surface area (Å²) >= 11 is 1.16. The van der Waals surface area contributed by atoms with Crippen LogP contribution in [-0.2, 0) is 9.84 Å². The Morgan fingerprint density at radius 3 is 2.67 bits per heavy atom. The van der Waals surface area contributed by atoms with Crippen LogP contribution in [0.3, 0.4) is 0 Å². The first-order chi connectivity index (χ1) is 9.90. The average molecular weight is 332 g/mol. The van der Waals surface area contributed by atoms with Gasteiger partial charge in [0.05, 0.1) is 5.75 Å². The van der Waals surface area contributed by atoms with Gasteiger partial charge in [-0.2, -0.15) is 4.37 Å². The van der Waals surface area contributed by atoms with Gasteiger partial charge >= 0.3 is 0 Å². The minimum absolute atomic E-state index is 0.113. The molecular weight excluding hydrogens is 306 g/mol. The summed E-state index contributed by atoms with van der Waals surface area (Å²) < 4.78 is 28.8. The lowest BCUT2D eigenvalue weighted by molar-refractivity contribution is 0.392. The van der Waals surface area contributed by atoms with E-state index in [1.165, 1.54) is 12.8 Å². The molecule has 1 aliphatic carbocycles. The zero-order chi connectivity index (χ0) is 15.6. The molecule has 0 amide bonds. The maximum Gasteiger partial charge on any atom is 0.185 e. The lowest BCUT2D eigenvalue weighted by atomic mass is 9.93. The molecule has 1 fully saturated rings. The van der Waals surface area contributed by atoms with Crippen LogP contribution in [-0.4, -0.2) is 24.6 Å². The van der Waals surface area contributed by atoms with Gasteiger partial charge in [-0.3, -0.25) is 0 Å².